The van der Waals surface area contributed by atoms with Crippen molar-refractivity contribution in [3.05, 3.63) is 70.5 Å². The number of carbonyl (C=O) groups excluding carboxylic acids is 2. The van der Waals surface area contributed by atoms with E-state index in [1.165, 1.54) is 12.1 Å². The van der Waals surface area contributed by atoms with Gasteiger partial charge in [-0.3, -0.25) is 9.59 Å². The molecule has 0 saturated carbocycles. The molecule has 1 heterocycles. The minimum Gasteiger partial charge on any atom is -0.384 e. The van der Waals surface area contributed by atoms with E-state index in [4.69, 9.17) is 11.6 Å². The first-order chi connectivity index (χ1) is 14.8. The minimum atomic E-state index is -1.30. The van der Waals surface area contributed by atoms with Crippen molar-refractivity contribution in [1.29, 1.82) is 0 Å². The summed E-state index contributed by atoms with van der Waals surface area (Å²) in [5, 5.41) is 14.4. The van der Waals surface area contributed by atoms with E-state index in [1.54, 1.807) is 35.2 Å². The van der Waals surface area contributed by atoms with Crippen molar-refractivity contribution in [3.63, 3.8) is 0 Å². The van der Waals surface area contributed by atoms with Crippen LogP contribution in [0.5, 0.6) is 0 Å². The zero-order valence-corrected chi connectivity index (χ0v) is 19.7. The molecule has 2 amide bonds. The van der Waals surface area contributed by atoms with E-state index >= 15 is 0 Å². The third kappa shape index (κ3) is 4.97. The van der Waals surface area contributed by atoms with Crippen molar-refractivity contribution in [2.45, 2.75) is 51.7 Å². The summed E-state index contributed by atoms with van der Waals surface area (Å²) in [7, 11) is 0. The van der Waals surface area contributed by atoms with Crippen molar-refractivity contribution in [1.82, 2.24) is 10.2 Å². The van der Waals surface area contributed by atoms with Crippen LogP contribution in [0.15, 0.2) is 48.5 Å². The van der Waals surface area contributed by atoms with Gasteiger partial charge in [0.1, 0.15) is 5.82 Å². The van der Waals surface area contributed by atoms with Gasteiger partial charge in [0.05, 0.1) is 10.6 Å². The fourth-order valence-electron chi connectivity index (χ4n) is 4.33. The second-order valence-electron chi connectivity index (χ2n) is 9.82. The predicted octanol–water partition coefficient (Wildman–Crippen LogP) is 4.52. The molecule has 1 saturated heterocycles. The zero-order chi connectivity index (χ0) is 23.7. The van der Waals surface area contributed by atoms with E-state index in [9.17, 15) is 19.1 Å². The topological polar surface area (TPSA) is 69.6 Å². The number of nitrogens with one attached hydrogen (secondary N) is 1. The number of hydrogen-bond donors (Lipinski definition) is 2. The van der Waals surface area contributed by atoms with E-state index < -0.39 is 22.4 Å². The van der Waals surface area contributed by atoms with E-state index in [1.807, 2.05) is 33.8 Å². The molecule has 32 heavy (non-hydrogen) atoms. The smallest absolute Gasteiger partial charge is 0.251 e. The molecule has 2 N–H and O–H groups in total. The van der Waals surface area contributed by atoms with Crippen LogP contribution < -0.4 is 5.32 Å². The maximum atomic E-state index is 14.0. The van der Waals surface area contributed by atoms with Crippen molar-refractivity contribution in [2.75, 3.05) is 13.1 Å². The molecular formula is C25H30ClFN2O3. The van der Waals surface area contributed by atoms with Gasteiger partial charge < -0.3 is 15.3 Å². The SMILES string of the molecule is CC(C)(CC(=O)N1CCC(O)(c2ccc(Cl)c(F)c2)C(C)(C)C1)NC(=O)c1ccccc1. The van der Waals surface area contributed by atoms with Crippen LogP contribution in [0.3, 0.4) is 0 Å². The second-order valence-corrected chi connectivity index (χ2v) is 10.2. The Balaban J connectivity index is 1.69. The van der Waals surface area contributed by atoms with Gasteiger partial charge in [-0.1, -0.05) is 49.7 Å². The lowest BCUT2D eigenvalue weighted by Gasteiger charge is -2.51. The highest BCUT2D eigenvalue weighted by molar-refractivity contribution is 6.30. The lowest BCUT2D eigenvalue weighted by Crippen LogP contribution is -2.58. The molecule has 0 radical (unpaired) electrons. The summed E-state index contributed by atoms with van der Waals surface area (Å²) in [5.41, 5.74) is -1.79. The summed E-state index contributed by atoms with van der Waals surface area (Å²) >= 11 is 5.80. The molecule has 0 aliphatic carbocycles. The Morgan fingerprint density at radius 3 is 2.44 bits per heavy atom. The first kappa shape index (κ1) is 24.2. The van der Waals surface area contributed by atoms with E-state index in [0.29, 0.717) is 24.2 Å². The molecule has 1 atom stereocenters. The number of hydrogen-bond acceptors (Lipinski definition) is 3. The van der Waals surface area contributed by atoms with Crippen LogP contribution in [-0.4, -0.2) is 40.4 Å². The molecule has 172 valence electrons. The molecule has 2 aromatic rings. The van der Waals surface area contributed by atoms with Crippen LogP contribution >= 0.6 is 11.6 Å². The number of rotatable bonds is 5. The maximum Gasteiger partial charge on any atom is 0.251 e. The van der Waals surface area contributed by atoms with Gasteiger partial charge in [-0.15, -0.1) is 0 Å². The van der Waals surface area contributed by atoms with Crippen LogP contribution in [0.2, 0.25) is 5.02 Å². The summed E-state index contributed by atoms with van der Waals surface area (Å²) in [5.74, 6) is -0.926. The number of halogens is 2. The standard InChI is InChI=1S/C25H30ClFN2O3/c1-23(2)16-29(13-12-25(23,32)18-10-11-19(26)20(27)14-18)21(30)15-24(3,4)28-22(31)17-8-6-5-7-9-17/h5-11,14,32H,12-13,15-16H2,1-4H3,(H,28,31). The molecule has 0 bridgehead atoms. The fraction of sp³-hybridized carbons (Fsp3) is 0.440. The largest absolute Gasteiger partial charge is 0.384 e. The summed E-state index contributed by atoms with van der Waals surface area (Å²) in [6.45, 7) is 7.98. The Bertz CT molecular complexity index is 1010. The molecule has 0 spiro atoms. The quantitative estimate of drug-likeness (QED) is 0.689. The number of aliphatic hydroxyl groups is 1. The predicted molar refractivity (Wildman–Crippen MR) is 123 cm³/mol. The van der Waals surface area contributed by atoms with E-state index in [-0.39, 0.29) is 29.7 Å². The van der Waals surface area contributed by atoms with E-state index in [0.717, 1.165) is 0 Å². The van der Waals surface area contributed by atoms with Crippen LogP contribution in [0, 0.1) is 11.2 Å². The number of piperidine rings is 1. The molecule has 1 aliphatic heterocycles. The highest BCUT2D eigenvalue weighted by atomic mass is 35.5. The minimum absolute atomic E-state index is 0.00236. The Labute approximate surface area is 193 Å². The molecule has 1 fully saturated rings. The van der Waals surface area contributed by atoms with Gasteiger partial charge >= 0.3 is 0 Å². The first-order valence-electron chi connectivity index (χ1n) is 10.7. The monoisotopic (exact) mass is 460 g/mol. The third-order valence-electron chi connectivity index (χ3n) is 6.28. The summed E-state index contributed by atoms with van der Waals surface area (Å²) in [6, 6.07) is 13.2. The number of amides is 2. The lowest BCUT2D eigenvalue weighted by atomic mass is 9.66. The van der Waals surface area contributed by atoms with Gasteiger partial charge in [0, 0.05) is 36.0 Å². The lowest BCUT2D eigenvalue weighted by molar-refractivity contribution is -0.154. The highest BCUT2D eigenvalue weighted by Gasteiger charge is 2.50. The van der Waals surface area contributed by atoms with Gasteiger partial charge in [0.2, 0.25) is 5.91 Å². The second kappa shape index (κ2) is 8.83. The average Bonchev–Trinajstić information content (AvgIpc) is 2.71. The highest BCUT2D eigenvalue weighted by Crippen LogP contribution is 2.46. The number of carbonyl (C=O) groups is 2. The number of nitrogens with zero attached hydrogens (tertiary/aromatic N) is 1. The van der Waals surface area contributed by atoms with Crippen LogP contribution in [0.1, 0.15) is 56.5 Å². The molecule has 3 rings (SSSR count). The molecule has 0 aromatic heterocycles. The molecule has 1 aliphatic rings. The Hall–Kier alpha value is -2.44. The molecular weight excluding hydrogens is 431 g/mol. The van der Waals surface area contributed by atoms with Gasteiger partial charge in [-0.2, -0.15) is 0 Å². The van der Waals surface area contributed by atoms with Gasteiger partial charge in [0.15, 0.2) is 0 Å². The van der Waals surface area contributed by atoms with E-state index in [2.05, 4.69) is 5.32 Å². The summed E-state index contributed by atoms with van der Waals surface area (Å²) in [6.07, 6.45) is 0.388. The van der Waals surface area contributed by atoms with Gasteiger partial charge in [-0.25, -0.2) is 4.39 Å². The number of benzene rings is 2. The van der Waals surface area contributed by atoms with Crippen LogP contribution in [0.4, 0.5) is 4.39 Å². The van der Waals surface area contributed by atoms with Crippen LogP contribution in [-0.2, 0) is 10.4 Å². The zero-order valence-electron chi connectivity index (χ0n) is 18.9. The van der Waals surface area contributed by atoms with Gasteiger partial charge in [-0.05, 0) is 50.1 Å². The van der Waals surface area contributed by atoms with Gasteiger partial charge in [0.25, 0.3) is 5.91 Å². The third-order valence-corrected chi connectivity index (χ3v) is 6.59. The molecule has 5 nitrogen and oxygen atoms in total. The van der Waals surface area contributed by atoms with Crippen molar-refractivity contribution < 1.29 is 19.1 Å². The van der Waals surface area contributed by atoms with Crippen molar-refractivity contribution in [3.8, 4) is 0 Å². The van der Waals surface area contributed by atoms with Crippen molar-refractivity contribution in [2.24, 2.45) is 5.41 Å². The molecule has 7 heteroatoms. The maximum absolute atomic E-state index is 14.0. The Morgan fingerprint density at radius 2 is 1.84 bits per heavy atom. The Morgan fingerprint density at radius 1 is 1.19 bits per heavy atom. The number of likely N-dealkylation sites (tertiary alicyclic amines) is 1. The average molecular weight is 461 g/mol. The fourth-order valence-corrected chi connectivity index (χ4v) is 4.44. The summed E-state index contributed by atoms with van der Waals surface area (Å²) < 4.78 is 14.0. The molecule has 1 unspecified atom stereocenters. The molecule has 2 aromatic carbocycles. The Kier molecular flexibility index (Phi) is 6.68. The first-order valence-corrected chi connectivity index (χ1v) is 11.1. The summed E-state index contributed by atoms with van der Waals surface area (Å²) in [4.78, 5) is 27.3. The van der Waals surface area contributed by atoms with Crippen molar-refractivity contribution >= 4 is 23.4 Å². The normalized spacial score (nSPS) is 20.7. The van der Waals surface area contributed by atoms with Crippen LogP contribution in [0.25, 0.3) is 0 Å².